The molecule has 106 valence electrons. The second-order valence-electron chi connectivity index (χ2n) is 5.01. The van der Waals surface area contributed by atoms with Gasteiger partial charge in [-0.15, -0.1) is 0 Å². The molecule has 1 aliphatic rings. The summed E-state index contributed by atoms with van der Waals surface area (Å²) < 4.78 is 9.96. The molecule has 0 unspecified atom stereocenters. The van der Waals surface area contributed by atoms with Crippen LogP contribution in [0, 0.1) is 13.8 Å². The lowest BCUT2D eigenvalue weighted by atomic mass is 10.2. The van der Waals surface area contributed by atoms with E-state index >= 15 is 0 Å². The van der Waals surface area contributed by atoms with Crippen molar-refractivity contribution in [2.75, 3.05) is 5.32 Å². The summed E-state index contributed by atoms with van der Waals surface area (Å²) in [6.07, 6.45) is 2.88. The molecule has 0 saturated carbocycles. The molecule has 6 nitrogen and oxygen atoms in total. The van der Waals surface area contributed by atoms with E-state index in [-0.39, 0.29) is 5.57 Å². The summed E-state index contributed by atoms with van der Waals surface area (Å²) in [6, 6.07) is 1.86. The molecule has 0 amide bonds. The summed E-state index contributed by atoms with van der Waals surface area (Å²) in [5, 5.41) is 2.84. The van der Waals surface area contributed by atoms with Crippen LogP contribution in [0.25, 0.3) is 0 Å². The molecular formula is C14H16N2O4. The molecule has 1 saturated heterocycles. The van der Waals surface area contributed by atoms with Gasteiger partial charge in [-0.05, 0) is 25.5 Å². The van der Waals surface area contributed by atoms with E-state index in [1.807, 2.05) is 19.9 Å². The number of ether oxygens (including phenoxy) is 2. The van der Waals surface area contributed by atoms with Crippen LogP contribution in [0.4, 0.5) is 5.69 Å². The maximum Gasteiger partial charge on any atom is 0.350 e. The Balaban J connectivity index is 2.17. The van der Waals surface area contributed by atoms with Crippen LogP contribution in [-0.4, -0.2) is 22.7 Å². The van der Waals surface area contributed by atoms with Crippen LogP contribution in [-0.2, 0) is 19.1 Å². The molecular weight excluding hydrogens is 260 g/mol. The van der Waals surface area contributed by atoms with E-state index in [2.05, 4.69) is 10.3 Å². The summed E-state index contributed by atoms with van der Waals surface area (Å²) in [4.78, 5) is 27.6. The second kappa shape index (κ2) is 4.96. The lowest BCUT2D eigenvalue weighted by Crippen LogP contribution is -2.42. The Morgan fingerprint density at radius 1 is 1.20 bits per heavy atom. The smallest absolute Gasteiger partial charge is 0.350 e. The Bertz CT molecular complexity index is 583. The van der Waals surface area contributed by atoms with Crippen LogP contribution < -0.4 is 5.32 Å². The van der Waals surface area contributed by atoms with Crippen molar-refractivity contribution in [3.63, 3.8) is 0 Å². The average Bonchev–Trinajstić information content (AvgIpc) is 2.31. The zero-order valence-electron chi connectivity index (χ0n) is 11.8. The molecule has 2 heterocycles. The highest BCUT2D eigenvalue weighted by atomic mass is 16.7. The van der Waals surface area contributed by atoms with E-state index in [9.17, 15) is 9.59 Å². The highest BCUT2D eigenvalue weighted by molar-refractivity contribution is 6.15. The van der Waals surface area contributed by atoms with Crippen molar-refractivity contribution in [3.05, 3.63) is 35.3 Å². The van der Waals surface area contributed by atoms with Crippen molar-refractivity contribution in [2.24, 2.45) is 0 Å². The first-order valence-corrected chi connectivity index (χ1v) is 6.15. The van der Waals surface area contributed by atoms with Gasteiger partial charge >= 0.3 is 11.9 Å². The van der Waals surface area contributed by atoms with Crippen molar-refractivity contribution in [1.82, 2.24) is 4.98 Å². The number of hydrogen-bond donors (Lipinski definition) is 1. The summed E-state index contributed by atoms with van der Waals surface area (Å²) in [5.74, 6) is -2.65. The monoisotopic (exact) mass is 276 g/mol. The van der Waals surface area contributed by atoms with Gasteiger partial charge in [0.2, 0.25) is 0 Å². The van der Waals surface area contributed by atoms with Gasteiger partial charge in [0.25, 0.3) is 5.79 Å². The molecule has 0 aliphatic carbocycles. The van der Waals surface area contributed by atoms with Crippen LogP contribution in [0.1, 0.15) is 25.1 Å². The molecule has 1 N–H and O–H groups in total. The van der Waals surface area contributed by atoms with Crippen molar-refractivity contribution in [3.8, 4) is 0 Å². The first-order chi connectivity index (χ1) is 9.28. The molecule has 6 heteroatoms. The van der Waals surface area contributed by atoms with E-state index in [0.717, 1.165) is 11.3 Å². The molecule has 0 radical (unpaired) electrons. The molecule has 0 spiro atoms. The lowest BCUT2D eigenvalue weighted by molar-refractivity contribution is -0.222. The van der Waals surface area contributed by atoms with Gasteiger partial charge in [-0.25, -0.2) is 9.59 Å². The van der Waals surface area contributed by atoms with Crippen LogP contribution in [0.3, 0.4) is 0 Å². The maximum atomic E-state index is 11.7. The predicted molar refractivity (Wildman–Crippen MR) is 71.7 cm³/mol. The minimum Gasteiger partial charge on any atom is -0.419 e. The first kappa shape index (κ1) is 14.0. The number of cyclic esters (lactones) is 2. The Morgan fingerprint density at radius 3 is 2.35 bits per heavy atom. The normalized spacial score (nSPS) is 17.3. The van der Waals surface area contributed by atoms with Gasteiger partial charge in [0.1, 0.15) is 0 Å². The summed E-state index contributed by atoms with van der Waals surface area (Å²) in [7, 11) is 0. The predicted octanol–water partition coefficient (Wildman–Crippen LogP) is 1.83. The molecule has 0 bridgehead atoms. The minimum absolute atomic E-state index is 0.178. The average molecular weight is 276 g/mol. The zero-order valence-corrected chi connectivity index (χ0v) is 11.8. The van der Waals surface area contributed by atoms with E-state index in [1.54, 1.807) is 6.20 Å². The van der Waals surface area contributed by atoms with Gasteiger partial charge in [-0.1, -0.05) is 0 Å². The number of hydrogen-bond acceptors (Lipinski definition) is 6. The third kappa shape index (κ3) is 2.96. The number of aromatic nitrogens is 1. The Kier molecular flexibility index (Phi) is 3.48. The number of esters is 2. The van der Waals surface area contributed by atoms with Crippen molar-refractivity contribution in [2.45, 2.75) is 33.5 Å². The summed E-state index contributed by atoms with van der Waals surface area (Å²) in [5.41, 5.74) is 2.42. The van der Waals surface area contributed by atoms with Crippen LogP contribution in [0.2, 0.25) is 0 Å². The first-order valence-electron chi connectivity index (χ1n) is 6.15. The fourth-order valence-electron chi connectivity index (χ4n) is 1.66. The van der Waals surface area contributed by atoms with Gasteiger partial charge in [0.05, 0.1) is 11.9 Å². The standard InChI is InChI=1S/C14H16N2O4/c1-8-5-10(6-15-9(8)2)16-7-11-12(17)19-14(3,4)20-13(11)18/h5-7,16H,1-4H3. The van der Waals surface area contributed by atoms with Crippen molar-refractivity contribution in [1.29, 1.82) is 0 Å². The molecule has 20 heavy (non-hydrogen) atoms. The molecule has 1 aromatic heterocycles. The van der Waals surface area contributed by atoms with E-state index in [0.29, 0.717) is 5.69 Å². The number of carbonyl (C=O) groups is 2. The maximum absolute atomic E-state index is 11.7. The van der Waals surface area contributed by atoms with Gasteiger partial charge < -0.3 is 14.8 Å². The summed E-state index contributed by atoms with van der Waals surface area (Å²) >= 11 is 0. The third-order valence-electron chi connectivity index (χ3n) is 2.84. The minimum atomic E-state index is -1.23. The van der Waals surface area contributed by atoms with E-state index < -0.39 is 17.7 Å². The Hall–Kier alpha value is -2.37. The van der Waals surface area contributed by atoms with Crippen LogP contribution in [0.15, 0.2) is 24.0 Å². The fraction of sp³-hybridized carbons (Fsp3) is 0.357. The number of anilines is 1. The van der Waals surface area contributed by atoms with Gasteiger partial charge in [-0.2, -0.15) is 0 Å². The van der Waals surface area contributed by atoms with E-state index in [1.165, 1.54) is 20.0 Å². The highest BCUT2D eigenvalue weighted by Gasteiger charge is 2.38. The quantitative estimate of drug-likeness (QED) is 0.504. The number of nitrogens with zero attached hydrogens (tertiary/aromatic N) is 1. The van der Waals surface area contributed by atoms with Gasteiger partial charge in [0.15, 0.2) is 5.57 Å². The zero-order chi connectivity index (χ0) is 14.9. The van der Waals surface area contributed by atoms with Crippen LogP contribution in [0.5, 0.6) is 0 Å². The Labute approximate surface area is 116 Å². The van der Waals surface area contributed by atoms with E-state index in [4.69, 9.17) is 9.47 Å². The number of carbonyl (C=O) groups excluding carboxylic acids is 2. The summed E-state index contributed by atoms with van der Waals surface area (Å²) in [6.45, 7) is 6.82. The molecule has 1 aliphatic heterocycles. The van der Waals surface area contributed by atoms with Crippen LogP contribution >= 0.6 is 0 Å². The number of aryl methyl sites for hydroxylation is 2. The molecule has 1 aromatic rings. The number of nitrogens with one attached hydrogen (secondary N) is 1. The molecule has 1 fully saturated rings. The lowest BCUT2D eigenvalue weighted by Gasteiger charge is -2.29. The fourth-order valence-corrected chi connectivity index (χ4v) is 1.66. The van der Waals surface area contributed by atoms with Crippen molar-refractivity contribution >= 4 is 17.6 Å². The molecule has 0 atom stereocenters. The number of pyridine rings is 1. The largest absolute Gasteiger partial charge is 0.419 e. The van der Waals surface area contributed by atoms with Gasteiger partial charge in [-0.3, -0.25) is 4.98 Å². The van der Waals surface area contributed by atoms with Crippen molar-refractivity contribution < 1.29 is 19.1 Å². The Morgan fingerprint density at radius 2 is 1.80 bits per heavy atom. The molecule has 2 rings (SSSR count). The topological polar surface area (TPSA) is 77.5 Å². The second-order valence-corrected chi connectivity index (χ2v) is 5.01. The SMILES string of the molecule is Cc1cc(NC=C2C(=O)OC(C)(C)OC2=O)cnc1C. The highest BCUT2D eigenvalue weighted by Crippen LogP contribution is 2.22. The van der Waals surface area contributed by atoms with Gasteiger partial charge in [0, 0.05) is 25.7 Å². The molecule has 0 aromatic carbocycles. The third-order valence-corrected chi connectivity index (χ3v) is 2.84. The number of rotatable bonds is 2.